The van der Waals surface area contributed by atoms with Crippen LogP contribution in [0.25, 0.3) is 0 Å². The van der Waals surface area contributed by atoms with Crippen LogP contribution in [0.1, 0.15) is 55.3 Å². The maximum Gasteiger partial charge on any atom is 0.191 e. The molecule has 2 aliphatic rings. The summed E-state index contributed by atoms with van der Waals surface area (Å²) in [6, 6.07) is 1.40. The van der Waals surface area contributed by atoms with E-state index in [2.05, 4.69) is 34.4 Å². The highest BCUT2D eigenvalue weighted by molar-refractivity contribution is 14.0. The number of hydrogen-bond donors (Lipinski definition) is 2. The topological polar surface area (TPSA) is 52.6 Å². The molecule has 5 nitrogen and oxygen atoms in total. The number of aryl methyl sites for hydroxylation is 1. The van der Waals surface area contributed by atoms with Crippen LogP contribution in [0, 0.1) is 6.92 Å². The van der Waals surface area contributed by atoms with Crippen LogP contribution < -0.4 is 10.6 Å². The van der Waals surface area contributed by atoms with Crippen molar-refractivity contribution in [3.8, 4) is 0 Å². The number of thiazole rings is 1. The van der Waals surface area contributed by atoms with Crippen molar-refractivity contribution < 1.29 is 0 Å². The molecule has 2 N–H and O–H groups in total. The van der Waals surface area contributed by atoms with Gasteiger partial charge in [0, 0.05) is 42.8 Å². The van der Waals surface area contributed by atoms with E-state index in [0.29, 0.717) is 12.6 Å². The van der Waals surface area contributed by atoms with Gasteiger partial charge >= 0.3 is 0 Å². The molecule has 0 spiro atoms. The van der Waals surface area contributed by atoms with Crippen molar-refractivity contribution in [2.24, 2.45) is 4.99 Å². The van der Waals surface area contributed by atoms with Crippen LogP contribution in [-0.2, 0) is 6.54 Å². The van der Waals surface area contributed by atoms with Gasteiger partial charge in [0.15, 0.2) is 5.96 Å². The summed E-state index contributed by atoms with van der Waals surface area (Å²) >= 11 is 1.73. The highest BCUT2D eigenvalue weighted by atomic mass is 127. The normalized spacial score (nSPS) is 20.5. The van der Waals surface area contributed by atoms with Crippen LogP contribution in [0.2, 0.25) is 0 Å². The second-order valence-electron chi connectivity index (χ2n) is 6.95. The van der Waals surface area contributed by atoms with Gasteiger partial charge in [-0.3, -0.25) is 0 Å². The van der Waals surface area contributed by atoms with Gasteiger partial charge in [-0.25, -0.2) is 9.98 Å². The van der Waals surface area contributed by atoms with Gasteiger partial charge in [0.2, 0.25) is 0 Å². The predicted octanol–water partition coefficient (Wildman–Crippen LogP) is 3.53. The number of aromatic nitrogens is 1. The van der Waals surface area contributed by atoms with E-state index in [9.17, 15) is 0 Å². The smallest absolute Gasteiger partial charge is 0.191 e. The van der Waals surface area contributed by atoms with Gasteiger partial charge in [-0.1, -0.05) is 12.8 Å². The zero-order valence-corrected chi connectivity index (χ0v) is 18.6. The third-order valence-corrected chi connectivity index (χ3v) is 5.99. The van der Waals surface area contributed by atoms with Gasteiger partial charge in [-0.15, -0.1) is 35.3 Å². The Kier molecular flexibility index (Phi) is 8.92. The quantitative estimate of drug-likeness (QED) is 0.387. The van der Waals surface area contributed by atoms with Gasteiger partial charge in [0.25, 0.3) is 0 Å². The first-order chi connectivity index (χ1) is 11.7. The molecule has 25 heavy (non-hydrogen) atoms. The van der Waals surface area contributed by atoms with Crippen molar-refractivity contribution in [1.29, 1.82) is 0 Å². The molecule has 1 saturated heterocycles. The van der Waals surface area contributed by atoms with Gasteiger partial charge in [0.05, 0.1) is 6.54 Å². The number of halogens is 1. The van der Waals surface area contributed by atoms with Gasteiger partial charge in [-0.2, -0.15) is 0 Å². The van der Waals surface area contributed by atoms with E-state index >= 15 is 0 Å². The molecule has 2 fully saturated rings. The molecule has 0 amide bonds. The van der Waals surface area contributed by atoms with E-state index in [-0.39, 0.29) is 24.0 Å². The van der Waals surface area contributed by atoms with Crippen LogP contribution in [0.3, 0.4) is 0 Å². The summed E-state index contributed by atoms with van der Waals surface area (Å²) in [7, 11) is 0. The molecule has 142 valence electrons. The minimum absolute atomic E-state index is 0. The summed E-state index contributed by atoms with van der Waals surface area (Å²) in [5, 5.41) is 8.09. The third kappa shape index (κ3) is 6.36. The predicted molar refractivity (Wildman–Crippen MR) is 117 cm³/mol. The first kappa shape index (κ1) is 20.9. The van der Waals surface area contributed by atoms with Gasteiger partial charge in [-0.05, 0) is 39.5 Å². The highest BCUT2D eigenvalue weighted by Crippen LogP contribution is 2.26. The Morgan fingerprint density at radius 1 is 1.28 bits per heavy atom. The van der Waals surface area contributed by atoms with E-state index in [1.54, 1.807) is 11.3 Å². The lowest BCUT2D eigenvalue weighted by Gasteiger charge is -2.36. The molecular formula is C18H32IN5S. The van der Waals surface area contributed by atoms with Gasteiger partial charge < -0.3 is 15.5 Å². The fourth-order valence-electron chi connectivity index (χ4n) is 3.81. The van der Waals surface area contributed by atoms with Crippen molar-refractivity contribution in [3.05, 3.63) is 16.1 Å². The Hall–Kier alpha value is -0.410. The van der Waals surface area contributed by atoms with Crippen molar-refractivity contribution in [1.82, 2.24) is 20.5 Å². The van der Waals surface area contributed by atoms with Crippen LogP contribution in [0.5, 0.6) is 0 Å². The van der Waals surface area contributed by atoms with Crippen LogP contribution in [-0.4, -0.2) is 47.6 Å². The molecule has 0 radical (unpaired) electrons. The molecule has 0 aromatic carbocycles. The molecule has 0 atom stereocenters. The lowest BCUT2D eigenvalue weighted by atomic mass is 10.0. The summed E-state index contributed by atoms with van der Waals surface area (Å²) in [6.07, 6.45) is 10.0. The van der Waals surface area contributed by atoms with E-state index in [4.69, 9.17) is 4.99 Å². The Labute approximate surface area is 173 Å². The second-order valence-corrected chi connectivity index (χ2v) is 8.27. The monoisotopic (exact) mass is 477 g/mol. The lowest BCUT2D eigenvalue weighted by Crippen LogP contribution is -2.50. The molecule has 1 saturated carbocycles. The van der Waals surface area contributed by atoms with Crippen molar-refractivity contribution >= 4 is 41.3 Å². The molecule has 1 aliphatic heterocycles. The lowest BCUT2D eigenvalue weighted by molar-refractivity contribution is 0.150. The number of aliphatic imine (C=N–C) groups is 1. The summed E-state index contributed by atoms with van der Waals surface area (Å²) in [5.74, 6) is 0.935. The number of guanidine groups is 1. The summed E-state index contributed by atoms with van der Waals surface area (Å²) < 4.78 is 0. The maximum absolute atomic E-state index is 4.72. The number of rotatable bonds is 5. The van der Waals surface area contributed by atoms with Crippen molar-refractivity contribution in [2.75, 3.05) is 19.6 Å². The fourth-order valence-corrected chi connectivity index (χ4v) is 4.52. The third-order valence-electron chi connectivity index (χ3n) is 5.10. The number of nitrogens with one attached hydrogen (secondary N) is 2. The second kappa shape index (κ2) is 10.7. The molecule has 0 bridgehead atoms. The molecular weight excluding hydrogens is 445 g/mol. The highest BCUT2D eigenvalue weighted by Gasteiger charge is 2.27. The Morgan fingerprint density at radius 2 is 2.00 bits per heavy atom. The average Bonchev–Trinajstić information content (AvgIpc) is 3.25. The number of nitrogens with zero attached hydrogens (tertiary/aromatic N) is 3. The standard InChI is InChI=1S/C18H31N5S.HI/c1-3-19-18(21-13-17-20-12-14(2)24-17)22-15-8-10-23(11-9-15)16-6-4-5-7-16;/h12,15-16H,3-11,13H2,1-2H3,(H2,19,21,22);1H. The molecule has 1 aromatic heterocycles. The number of likely N-dealkylation sites (tertiary alicyclic amines) is 1. The van der Waals surface area contributed by atoms with Crippen LogP contribution >= 0.6 is 35.3 Å². The van der Waals surface area contributed by atoms with Crippen LogP contribution in [0.15, 0.2) is 11.2 Å². The summed E-state index contributed by atoms with van der Waals surface area (Å²) in [5.41, 5.74) is 0. The molecule has 7 heteroatoms. The summed E-state index contributed by atoms with van der Waals surface area (Å²) in [4.78, 5) is 13.1. The molecule has 0 unspecified atom stereocenters. The number of piperidine rings is 1. The Morgan fingerprint density at radius 3 is 2.60 bits per heavy atom. The zero-order chi connectivity index (χ0) is 16.8. The molecule has 3 rings (SSSR count). The first-order valence-electron chi connectivity index (χ1n) is 9.45. The Bertz CT molecular complexity index is 533. The van der Waals surface area contributed by atoms with E-state index in [0.717, 1.165) is 23.6 Å². The SMILES string of the molecule is CCNC(=NCc1ncc(C)s1)NC1CCN(C2CCCC2)CC1.I. The average molecular weight is 477 g/mol. The number of hydrogen-bond acceptors (Lipinski definition) is 4. The van der Waals surface area contributed by atoms with Crippen LogP contribution in [0.4, 0.5) is 0 Å². The van der Waals surface area contributed by atoms with Crippen molar-refractivity contribution in [3.63, 3.8) is 0 Å². The Balaban J connectivity index is 0.00000225. The maximum atomic E-state index is 4.72. The van der Waals surface area contributed by atoms with E-state index in [1.165, 1.54) is 56.5 Å². The molecule has 2 heterocycles. The molecule has 1 aromatic rings. The minimum atomic E-state index is 0. The first-order valence-corrected chi connectivity index (χ1v) is 10.3. The largest absolute Gasteiger partial charge is 0.357 e. The minimum Gasteiger partial charge on any atom is -0.357 e. The fraction of sp³-hybridized carbons (Fsp3) is 0.778. The zero-order valence-electron chi connectivity index (χ0n) is 15.5. The molecule has 1 aliphatic carbocycles. The van der Waals surface area contributed by atoms with E-state index in [1.807, 2.05) is 6.20 Å². The van der Waals surface area contributed by atoms with Gasteiger partial charge in [0.1, 0.15) is 5.01 Å². The van der Waals surface area contributed by atoms with E-state index < -0.39 is 0 Å². The van der Waals surface area contributed by atoms with Crippen molar-refractivity contribution in [2.45, 2.75) is 71.0 Å². The summed E-state index contributed by atoms with van der Waals surface area (Å²) in [6.45, 7) is 8.22.